The number of rotatable bonds is 5. The lowest BCUT2D eigenvalue weighted by atomic mass is 10.1. The van der Waals surface area contributed by atoms with Crippen molar-refractivity contribution in [2.24, 2.45) is 0 Å². The summed E-state index contributed by atoms with van der Waals surface area (Å²) in [5.74, 6) is 2.11. The van der Waals surface area contributed by atoms with Crippen molar-refractivity contribution in [3.63, 3.8) is 0 Å². The van der Waals surface area contributed by atoms with Crippen molar-refractivity contribution in [1.82, 2.24) is 20.0 Å². The molecule has 2 aliphatic rings. The second-order valence-corrected chi connectivity index (χ2v) is 7.23. The Bertz CT molecular complexity index is 692. The van der Waals surface area contributed by atoms with Gasteiger partial charge in [-0.15, -0.1) is 10.2 Å². The highest BCUT2D eigenvalue weighted by atomic mass is 35.5. The van der Waals surface area contributed by atoms with E-state index in [0.717, 1.165) is 49.5 Å². The first-order valence-corrected chi connectivity index (χ1v) is 9.11. The van der Waals surface area contributed by atoms with Gasteiger partial charge in [-0.3, -0.25) is 9.80 Å². The van der Waals surface area contributed by atoms with Crippen molar-refractivity contribution in [2.45, 2.75) is 38.3 Å². The van der Waals surface area contributed by atoms with Crippen molar-refractivity contribution in [3.05, 3.63) is 46.6 Å². The minimum Gasteiger partial charge on any atom is -0.424 e. The van der Waals surface area contributed by atoms with Gasteiger partial charge in [0.25, 0.3) is 0 Å². The second-order valence-electron chi connectivity index (χ2n) is 6.82. The second kappa shape index (κ2) is 6.82. The van der Waals surface area contributed by atoms with E-state index in [9.17, 15) is 0 Å². The number of benzene rings is 1. The summed E-state index contributed by atoms with van der Waals surface area (Å²) in [6.45, 7) is 7.06. The van der Waals surface area contributed by atoms with Gasteiger partial charge in [0.2, 0.25) is 11.8 Å². The predicted octanol–water partition coefficient (Wildman–Crippen LogP) is 3.48. The van der Waals surface area contributed by atoms with E-state index in [1.165, 1.54) is 18.4 Å². The van der Waals surface area contributed by atoms with E-state index < -0.39 is 0 Å². The van der Waals surface area contributed by atoms with Gasteiger partial charge in [-0.2, -0.15) is 0 Å². The molecular formula is C18H23ClN4O. The lowest BCUT2D eigenvalue weighted by molar-refractivity contribution is 0.0918. The summed E-state index contributed by atoms with van der Waals surface area (Å²) in [5, 5.41) is 9.22. The quantitative estimate of drug-likeness (QED) is 0.829. The third-order valence-corrected chi connectivity index (χ3v) is 5.42. The Kier molecular flexibility index (Phi) is 4.57. The molecule has 0 bridgehead atoms. The molecule has 1 aromatic carbocycles. The zero-order valence-corrected chi connectivity index (χ0v) is 14.7. The van der Waals surface area contributed by atoms with Crippen molar-refractivity contribution in [2.75, 3.05) is 26.2 Å². The van der Waals surface area contributed by atoms with Crippen molar-refractivity contribution in [3.8, 4) is 0 Å². The Labute approximate surface area is 147 Å². The van der Waals surface area contributed by atoms with Crippen LogP contribution in [0, 0.1) is 0 Å². The van der Waals surface area contributed by atoms with E-state index in [1.807, 2.05) is 12.1 Å². The molecule has 1 aliphatic heterocycles. The summed E-state index contributed by atoms with van der Waals surface area (Å²) in [5.41, 5.74) is 1.21. The van der Waals surface area contributed by atoms with Crippen molar-refractivity contribution in [1.29, 1.82) is 0 Å². The van der Waals surface area contributed by atoms with Crippen LogP contribution in [0.1, 0.15) is 49.1 Å². The maximum atomic E-state index is 6.34. The van der Waals surface area contributed by atoms with Crippen molar-refractivity contribution >= 4 is 11.6 Å². The molecule has 5 nitrogen and oxygen atoms in total. The highest BCUT2D eigenvalue weighted by molar-refractivity contribution is 6.31. The van der Waals surface area contributed by atoms with Crippen LogP contribution < -0.4 is 0 Å². The van der Waals surface area contributed by atoms with E-state index >= 15 is 0 Å². The Hall–Kier alpha value is -1.43. The Morgan fingerprint density at radius 3 is 2.62 bits per heavy atom. The zero-order valence-electron chi connectivity index (χ0n) is 14.0. The van der Waals surface area contributed by atoms with Crippen LogP contribution in [-0.2, 0) is 6.54 Å². The molecule has 128 valence electrons. The molecule has 2 aromatic rings. The fourth-order valence-corrected chi connectivity index (χ4v) is 3.63. The Morgan fingerprint density at radius 1 is 1.17 bits per heavy atom. The summed E-state index contributed by atoms with van der Waals surface area (Å²) in [7, 11) is 0. The van der Waals surface area contributed by atoms with Gasteiger partial charge in [0, 0.05) is 43.2 Å². The molecule has 0 radical (unpaired) electrons. The minimum atomic E-state index is 0.339. The SMILES string of the molecule is C[C@@H](c1ccccc1Cl)N1CCN(Cc2nnc(C3CC3)o2)CC1. The van der Waals surface area contributed by atoms with Crippen LogP contribution in [0.4, 0.5) is 0 Å². The Balaban J connectivity index is 1.32. The summed E-state index contributed by atoms with van der Waals surface area (Å²) >= 11 is 6.34. The van der Waals surface area contributed by atoms with Gasteiger partial charge in [-0.25, -0.2) is 0 Å². The molecule has 4 rings (SSSR count). The molecule has 1 atom stereocenters. The molecule has 1 saturated heterocycles. The van der Waals surface area contributed by atoms with Gasteiger partial charge in [0.05, 0.1) is 6.54 Å². The lowest BCUT2D eigenvalue weighted by Gasteiger charge is -2.37. The van der Waals surface area contributed by atoms with Gasteiger partial charge in [0.15, 0.2) is 0 Å². The van der Waals surface area contributed by atoms with Gasteiger partial charge in [-0.1, -0.05) is 29.8 Å². The van der Waals surface area contributed by atoms with Crippen LogP contribution >= 0.6 is 11.6 Å². The summed E-state index contributed by atoms with van der Waals surface area (Å²) < 4.78 is 5.77. The van der Waals surface area contributed by atoms with Crippen LogP contribution in [0.15, 0.2) is 28.7 Å². The fraction of sp³-hybridized carbons (Fsp3) is 0.556. The zero-order chi connectivity index (χ0) is 16.5. The van der Waals surface area contributed by atoms with E-state index in [0.29, 0.717) is 12.0 Å². The number of aromatic nitrogens is 2. The van der Waals surface area contributed by atoms with Gasteiger partial charge < -0.3 is 4.42 Å². The third-order valence-electron chi connectivity index (χ3n) is 5.08. The molecule has 0 amide bonds. The molecule has 0 spiro atoms. The lowest BCUT2D eigenvalue weighted by Crippen LogP contribution is -2.46. The number of hydrogen-bond donors (Lipinski definition) is 0. The van der Waals surface area contributed by atoms with E-state index in [1.54, 1.807) is 0 Å². The molecular weight excluding hydrogens is 324 g/mol. The molecule has 1 saturated carbocycles. The number of halogens is 1. The first-order valence-electron chi connectivity index (χ1n) is 8.74. The minimum absolute atomic E-state index is 0.339. The first-order chi connectivity index (χ1) is 11.7. The summed E-state index contributed by atoms with van der Waals surface area (Å²) in [6, 6.07) is 8.47. The van der Waals surface area contributed by atoms with Crippen LogP contribution in [0.25, 0.3) is 0 Å². The average molecular weight is 347 g/mol. The van der Waals surface area contributed by atoms with E-state index in [-0.39, 0.29) is 0 Å². The molecule has 1 aliphatic carbocycles. The molecule has 0 N–H and O–H groups in total. The molecule has 24 heavy (non-hydrogen) atoms. The highest BCUT2D eigenvalue weighted by Gasteiger charge is 2.30. The molecule has 2 fully saturated rings. The van der Waals surface area contributed by atoms with Crippen LogP contribution in [-0.4, -0.2) is 46.2 Å². The van der Waals surface area contributed by atoms with Gasteiger partial charge in [-0.05, 0) is 31.4 Å². The molecule has 1 aromatic heterocycles. The topological polar surface area (TPSA) is 45.4 Å². The molecule has 6 heteroatoms. The van der Waals surface area contributed by atoms with Crippen LogP contribution in [0.2, 0.25) is 5.02 Å². The smallest absolute Gasteiger partial charge is 0.230 e. The summed E-state index contributed by atoms with van der Waals surface area (Å²) in [6.07, 6.45) is 2.39. The van der Waals surface area contributed by atoms with Gasteiger partial charge in [0.1, 0.15) is 0 Å². The highest BCUT2D eigenvalue weighted by Crippen LogP contribution is 2.39. The number of nitrogens with zero attached hydrogens (tertiary/aromatic N) is 4. The van der Waals surface area contributed by atoms with Crippen molar-refractivity contribution < 1.29 is 4.42 Å². The maximum Gasteiger partial charge on any atom is 0.230 e. The largest absolute Gasteiger partial charge is 0.424 e. The standard InChI is InChI=1S/C18H23ClN4O/c1-13(15-4-2-3-5-16(15)19)23-10-8-22(9-11-23)12-17-20-21-18(24-17)14-6-7-14/h2-5,13-14H,6-12H2,1H3/t13-/m0/s1. The summed E-state index contributed by atoms with van der Waals surface area (Å²) in [4.78, 5) is 4.88. The van der Waals surface area contributed by atoms with Gasteiger partial charge >= 0.3 is 0 Å². The number of hydrogen-bond acceptors (Lipinski definition) is 5. The molecule has 2 heterocycles. The normalized spacial score (nSPS) is 21.1. The first kappa shape index (κ1) is 16.1. The third kappa shape index (κ3) is 3.48. The maximum absolute atomic E-state index is 6.34. The molecule has 0 unspecified atom stereocenters. The van der Waals surface area contributed by atoms with Crippen LogP contribution in [0.3, 0.4) is 0 Å². The predicted molar refractivity (Wildman–Crippen MR) is 93.0 cm³/mol. The van der Waals surface area contributed by atoms with E-state index in [4.69, 9.17) is 16.0 Å². The van der Waals surface area contributed by atoms with E-state index in [2.05, 4.69) is 39.1 Å². The average Bonchev–Trinajstić information content (AvgIpc) is 3.35. The fourth-order valence-electron chi connectivity index (χ4n) is 3.34. The number of piperazine rings is 1. The Morgan fingerprint density at radius 2 is 1.92 bits per heavy atom. The van der Waals surface area contributed by atoms with Crippen LogP contribution in [0.5, 0.6) is 0 Å². The monoisotopic (exact) mass is 346 g/mol.